The number of unbranched alkanes of at least 4 members (excludes halogenated alkanes) is 2. The number of carbonyl (C=O) groups excluding carboxylic acids is 3. The number of nitrogens with one attached hydrogen (secondary N) is 6. The number of aromatic nitrogens is 4. The molecular weight excluding hydrogens is 1290 g/mol. The van der Waals surface area contributed by atoms with Gasteiger partial charge in [-0.15, -0.1) is 0 Å². The number of methoxy groups -OCH3 is 3. The molecule has 0 saturated heterocycles. The van der Waals surface area contributed by atoms with Crippen LogP contribution in [0.1, 0.15) is 113 Å². The molecule has 96 heavy (non-hydrogen) atoms. The molecule has 0 radical (unpaired) electrons. The number of thioether (sulfide) groups is 2. The van der Waals surface area contributed by atoms with Crippen molar-refractivity contribution in [3.63, 3.8) is 0 Å². The average molecular weight is 1400 g/mol. The van der Waals surface area contributed by atoms with Crippen LogP contribution in [-0.2, 0) is 61.6 Å². The summed E-state index contributed by atoms with van der Waals surface area (Å²) in [6, 6.07) is 4.90. The van der Waals surface area contributed by atoms with Crippen LogP contribution in [0, 0.1) is 0 Å². The summed E-state index contributed by atoms with van der Waals surface area (Å²) in [6.07, 6.45) is 7.36. The molecule has 3 atom stereocenters. The van der Waals surface area contributed by atoms with E-state index in [9.17, 15) is 24.0 Å². The van der Waals surface area contributed by atoms with Gasteiger partial charge in [0.2, 0.25) is 17.6 Å². The second kappa shape index (κ2) is 57.5. The number of esters is 1. The Morgan fingerprint density at radius 3 is 1.22 bits per heavy atom. The summed E-state index contributed by atoms with van der Waals surface area (Å²) in [7, 11) is 4.83. The largest absolute Gasteiger partial charge is 0.487 e. The summed E-state index contributed by atoms with van der Waals surface area (Å²) in [5, 5.41) is 10.7. The maximum Gasteiger partial charge on any atom is 0.338 e. The number of amides is 4. The van der Waals surface area contributed by atoms with E-state index in [1.807, 2.05) is 13.8 Å². The van der Waals surface area contributed by atoms with Gasteiger partial charge in [-0.05, 0) is 37.8 Å². The van der Waals surface area contributed by atoms with Crippen LogP contribution < -0.4 is 46.6 Å². The maximum absolute atomic E-state index is 14.4. The van der Waals surface area contributed by atoms with Crippen molar-refractivity contribution in [2.45, 2.75) is 96.1 Å². The lowest BCUT2D eigenvalue weighted by Gasteiger charge is -2.20. The summed E-state index contributed by atoms with van der Waals surface area (Å²) in [6.45, 7) is 16.6. The van der Waals surface area contributed by atoms with Crippen LogP contribution in [0.2, 0.25) is 0 Å². The molecule has 0 fully saturated rings. The second-order valence-electron chi connectivity index (χ2n) is 21.3. The molecule has 29 nitrogen and oxygen atoms in total. The van der Waals surface area contributed by atoms with Gasteiger partial charge in [0.05, 0.1) is 156 Å². The molecule has 0 aliphatic heterocycles. The molecule has 3 aromatic rings. The number of hydrogen-bond acceptors (Lipinski definition) is 25. The van der Waals surface area contributed by atoms with Crippen molar-refractivity contribution >= 4 is 53.5 Å². The number of rotatable bonds is 63. The molecule has 2 heterocycles. The average Bonchev–Trinajstić information content (AvgIpc) is 0.865. The number of aromatic amines is 2. The lowest BCUT2D eigenvalue weighted by atomic mass is 9.96. The molecule has 1 aromatic carbocycles. The lowest BCUT2D eigenvalue weighted by molar-refractivity contribution is -0.00161. The molecular formula is C65H110N8O21S2. The second-order valence-corrected chi connectivity index (χ2v) is 23.9. The Hall–Kier alpha value is -5.39. The minimum atomic E-state index is -0.690. The predicted molar refractivity (Wildman–Crippen MR) is 369 cm³/mol. The number of carbonyl (C=O) groups is 3. The SMILES string of the molecule is CCCCC(CC)c1cc(=O)[nH]c(NC(=O)NCCSCC(COC(=O)c2cc(OCCOCCOCCOCCOC)c(OCCOCCOCCOCCOC)c(OCCOCCOCCOCCOC)c2)SCCNC(=O)Nc2nc(C(CC)CCCC)cc(=O)[nH]2)n1. The number of ether oxygens (including phenoxy) is 16. The molecule has 0 saturated carbocycles. The van der Waals surface area contributed by atoms with Crippen LogP contribution in [0.25, 0.3) is 0 Å². The third kappa shape index (κ3) is 41.1. The van der Waals surface area contributed by atoms with Crippen molar-refractivity contribution in [3.8, 4) is 17.2 Å². The van der Waals surface area contributed by atoms with Crippen LogP contribution in [0.3, 0.4) is 0 Å². The smallest absolute Gasteiger partial charge is 0.338 e. The summed E-state index contributed by atoms with van der Waals surface area (Å²) >= 11 is 2.98. The Morgan fingerprint density at radius 1 is 0.479 bits per heavy atom. The fraction of sp³-hybridized carbons (Fsp3) is 0.738. The van der Waals surface area contributed by atoms with Crippen LogP contribution in [0.5, 0.6) is 17.2 Å². The number of benzene rings is 1. The Labute approximate surface area is 574 Å². The van der Waals surface area contributed by atoms with E-state index in [0.29, 0.717) is 134 Å². The summed E-state index contributed by atoms with van der Waals surface area (Å²) in [5.41, 5.74) is 0.641. The number of anilines is 2. The van der Waals surface area contributed by atoms with Gasteiger partial charge in [0.1, 0.15) is 26.4 Å². The van der Waals surface area contributed by atoms with Gasteiger partial charge in [-0.25, -0.2) is 24.4 Å². The first-order valence-corrected chi connectivity index (χ1v) is 35.6. The zero-order valence-electron chi connectivity index (χ0n) is 57.7. The van der Waals surface area contributed by atoms with E-state index in [1.54, 1.807) is 21.3 Å². The van der Waals surface area contributed by atoms with Crippen molar-refractivity contribution in [1.82, 2.24) is 30.6 Å². The molecule has 0 aliphatic carbocycles. The van der Waals surface area contributed by atoms with E-state index in [-0.39, 0.29) is 135 Å². The highest BCUT2D eigenvalue weighted by atomic mass is 32.2. The fourth-order valence-corrected chi connectivity index (χ4v) is 10.9. The fourth-order valence-electron chi connectivity index (χ4n) is 8.78. The van der Waals surface area contributed by atoms with Gasteiger partial charge < -0.3 is 86.4 Å². The van der Waals surface area contributed by atoms with Crippen LogP contribution in [-0.4, -0.2) is 260 Å². The van der Waals surface area contributed by atoms with E-state index in [0.717, 1.165) is 51.4 Å². The first kappa shape index (κ1) is 84.8. The van der Waals surface area contributed by atoms with E-state index < -0.39 is 18.0 Å². The zero-order chi connectivity index (χ0) is 69.3. The van der Waals surface area contributed by atoms with E-state index in [2.05, 4.69) is 55.1 Å². The molecule has 548 valence electrons. The van der Waals surface area contributed by atoms with Gasteiger partial charge in [0.15, 0.2) is 11.5 Å². The van der Waals surface area contributed by atoms with Crippen molar-refractivity contribution in [2.24, 2.45) is 0 Å². The van der Waals surface area contributed by atoms with Crippen LogP contribution >= 0.6 is 23.5 Å². The Balaban J connectivity index is 1.82. The minimum Gasteiger partial charge on any atom is -0.487 e. The first-order valence-electron chi connectivity index (χ1n) is 33.4. The van der Waals surface area contributed by atoms with Gasteiger partial charge in [-0.2, -0.15) is 23.5 Å². The quantitative estimate of drug-likeness (QED) is 0.0243. The third-order valence-electron chi connectivity index (χ3n) is 13.8. The molecule has 0 aliphatic rings. The molecule has 31 heteroatoms. The molecule has 4 amide bonds. The van der Waals surface area contributed by atoms with Crippen LogP contribution in [0.4, 0.5) is 21.5 Å². The minimum absolute atomic E-state index is 0.0488. The Morgan fingerprint density at radius 2 is 0.844 bits per heavy atom. The maximum atomic E-state index is 14.4. The normalized spacial score (nSPS) is 12.3. The van der Waals surface area contributed by atoms with Gasteiger partial charge in [-0.1, -0.05) is 53.4 Å². The molecule has 6 N–H and O–H groups in total. The Kier molecular flexibility index (Phi) is 50.8. The van der Waals surface area contributed by atoms with Gasteiger partial charge in [0, 0.05) is 80.9 Å². The molecule has 3 unspecified atom stereocenters. The van der Waals surface area contributed by atoms with Gasteiger partial charge >= 0.3 is 18.0 Å². The monoisotopic (exact) mass is 1400 g/mol. The number of nitrogens with zero attached hydrogens (tertiary/aromatic N) is 2. The first-order chi connectivity index (χ1) is 47.0. The highest BCUT2D eigenvalue weighted by Crippen LogP contribution is 2.40. The third-order valence-corrected chi connectivity index (χ3v) is 16.4. The van der Waals surface area contributed by atoms with E-state index in [1.165, 1.54) is 47.8 Å². The number of urea groups is 2. The van der Waals surface area contributed by atoms with E-state index >= 15 is 0 Å². The van der Waals surface area contributed by atoms with E-state index in [4.69, 9.17) is 75.8 Å². The van der Waals surface area contributed by atoms with Crippen molar-refractivity contribution < 1.29 is 90.2 Å². The van der Waals surface area contributed by atoms with Crippen molar-refractivity contribution in [3.05, 3.63) is 61.9 Å². The van der Waals surface area contributed by atoms with Crippen LogP contribution in [0.15, 0.2) is 33.9 Å². The summed E-state index contributed by atoms with van der Waals surface area (Å²) in [5.74, 6) is 1.47. The lowest BCUT2D eigenvalue weighted by Crippen LogP contribution is -2.33. The van der Waals surface area contributed by atoms with Crippen molar-refractivity contribution in [2.75, 3.05) is 227 Å². The summed E-state index contributed by atoms with van der Waals surface area (Å²) in [4.78, 5) is 80.2. The van der Waals surface area contributed by atoms with Gasteiger partial charge in [-0.3, -0.25) is 30.2 Å². The zero-order valence-corrected chi connectivity index (χ0v) is 59.3. The molecule has 2 aromatic heterocycles. The summed E-state index contributed by atoms with van der Waals surface area (Å²) < 4.78 is 90.7. The standard InChI is InChI=1S/C65H110N8O21S2/c1-8-12-14-50(10-3)54-46-58(74)70-62(68-54)72-64(77)66-16-42-95-49-53(96-43-17-67-65(78)73-63-69-55(47-59(75)71-63)51(11-4)15-13-9-2)48-94-61(76)52-44-56(91-39-36-88-33-30-85-27-24-82-21-18-79-5)60(93-41-38-90-35-32-87-29-26-84-23-20-81-7)57(45-52)92-40-37-89-34-31-86-28-25-83-22-19-80-6/h44-47,50-51,53H,8-43,48-49H2,1-7H3,(H3,66,68,70,72,74,77)(H3,67,69,71,73,75,78). The number of H-pyrrole nitrogens is 2. The predicted octanol–water partition coefficient (Wildman–Crippen LogP) is 7.08. The topological polar surface area (TPSA) is 339 Å². The van der Waals surface area contributed by atoms with Crippen molar-refractivity contribution in [1.29, 1.82) is 0 Å². The number of hydrogen-bond donors (Lipinski definition) is 6. The highest BCUT2D eigenvalue weighted by molar-refractivity contribution is 8.03. The molecule has 3 rings (SSSR count). The molecule has 0 spiro atoms. The highest BCUT2D eigenvalue weighted by Gasteiger charge is 2.23. The van der Waals surface area contributed by atoms with Gasteiger partial charge in [0.25, 0.3) is 11.1 Å². The Bertz CT molecular complexity index is 2550. The molecule has 0 bridgehead atoms.